The predicted molar refractivity (Wildman–Crippen MR) is 141 cm³/mol. The Labute approximate surface area is 216 Å². The zero-order valence-electron chi connectivity index (χ0n) is 20.6. The Hall–Kier alpha value is -2.94. The van der Waals surface area contributed by atoms with Crippen molar-refractivity contribution in [1.82, 2.24) is 4.90 Å². The van der Waals surface area contributed by atoms with Crippen LogP contribution in [0.2, 0.25) is 5.02 Å². The van der Waals surface area contributed by atoms with Gasteiger partial charge in [-0.3, -0.25) is 4.90 Å². The third kappa shape index (κ3) is 4.98. The molecule has 0 aromatic heterocycles. The third-order valence-electron chi connectivity index (χ3n) is 7.52. The van der Waals surface area contributed by atoms with Crippen LogP contribution in [-0.2, 0) is 0 Å². The molecule has 6 heteroatoms. The standard InChI is InChI=1S/C30H30ClF2N3/c1-30(2,33)28(23-14-26(32)16-27(15-23)35-11-4-12-35)24-18-36(19-24)29(21-7-9-25(31)10-8-21)22-6-3-5-20(13-22)17-34/h3,5-10,13-16,24,28-29H,4,11-12,18-19H2,1-2H3/t28-,29+/m1/s1. The molecule has 0 amide bonds. The van der Waals surface area contributed by atoms with Gasteiger partial charge in [0, 0.05) is 42.8 Å². The maximum absolute atomic E-state index is 15.7. The van der Waals surface area contributed by atoms with Crippen LogP contribution in [0.3, 0.4) is 0 Å². The van der Waals surface area contributed by atoms with Gasteiger partial charge in [-0.15, -0.1) is 0 Å². The Kier molecular flexibility index (Phi) is 6.76. The molecule has 3 aromatic rings. The van der Waals surface area contributed by atoms with Crippen molar-refractivity contribution in [3.05, 3.63) is 99.8 Å². The summed E-state index contributed by atoms with van der Waals surface area (Å²) in [6.07, 6.45) is 1.10. The second kappa shape index (κ2) is 9.84. The van der Waals surface area contributed by atoms with Crippen LogP contribution in [0.1, 0.15) is 54.5 Å². The van der Waals surface area contributed by atoms with Crippen molar-refractivity contribution in [3.8, 4) is 6.07 Å². The van der Waals surface area contributed by atoms with E-state index in [0.29, 0.717) is 23.7 Å². The highest BCUT2D eigenvalue weighted by Gasteiger charge is 2.45. The Morgan fingerprint density at radius 2 is 1.69 bits per heavy atom. The lowest BCUT2D eigenvalue weighted by atomic mass is 9.72. The summed E-state index contributed by atoms with van der Waals surface area (Å²) in [6.45, 7) is 6.35. The van der Waals surface area contributed by atoms with Crippen LogP contribution < -0.4 is 4.90 Å². The van der Waals surface area contributed by atoms with Crippen LogP contribution in [0.4, 0.5) is 14.5 Å². The summed E-state index contributed by atoms with van der Waals surface area (Å²) in [7, 11) is 0. The third-order valence-corrected chi connectivity index (χ3v) is 7.77. The Morgan fingerprint density at radius 3 is 2.31 bits per heavy atom. The van der Waals surface area contributed by atoms with Gasteiger partial charge in [-0.05, 0) is 85.3 Å². The summed E-state index contributed by atoms with van der Waals surface area (Å²) in [5.41, 5.74) is 2.74. The molecule has 2 heterocycles. The SMILES string of the molecule is CC(C)(F)[C@H](c1cc(F)cc(N2CCC2)c1)C1CN([C@@H](c2ccc(Cl)cc2)c2cccc(C#N)c2)C1. The molecule has 2 aliphatic rings. The molecular weight excluding hydrogens is 476 g/mol. The van der Waals surface area contributed by atoms with E-state index in [1.54, 1.807) is 26.0 Å². The molecule has 2 fully saturated rings. The molecule has 0 unspecified atom stereocenters. The lowest BCUT2D eigenvalue weighted by Crippen LogP contribution is -2.53. The minimum Gasteiger partial charge on any atom is -0.371 e. The van der Waals surface area contributed by atoms with Crippen molar-refractivity contribution >= 4 is 17.3 Å². The van der Waals surface area contributed by atoms with E-state index in [0.717, 1.165) is 41.9 Å². The number of hydrogen-bond donors (Lipinski definition) is 0. The fraction of sp³-hybridized carbons (Fsp3) is 0.367. The Morgan fingerprint density at radius 1 is 0.972 bits per heavy atom. The van der Waals surface area contributed by atoms with E-state index in [2.05, 4.69) is 15.9 Å². The predicted octanol–water partition coefficient (Wildman–Crippen LogP) is 7.11. The van der Waals surface area contributed by atoms with Gasteiger partial charge in [0.1, 0.15) is 11.5 Å². The number of halogens is 3. The molecular formula is C30H30ClF2N3. The van der Waals surface area contributed by atoms with E-state index in [4.69, 9.17) is 11.6 Å². The number of alkyl halides is 1. The first kappa shape index (κ1) is 24.7. The zero-order valence-corrected chi connectivity index (χ0v) is 21.3. The molecule has 5 rings (SSSR count). The van der Waals surface area contributed by atoms with Gasteiger partial charge in [0.25, 0.3) is 0 Å². The van der Waals surface area contributed by atoms with Crippen LogP contribution >= 0.6 is 11.6 Å². The van der Waals surface area contributed by atoms with Gasteiger partial charge in [-0.2, -0.15) is 5.26 Å². The fourth-order valence-corrected chi connectivity index (χ4v) is 5.90. The molecule has 0 aliphatic carbocycles. The van der Waals surface area contributed by atoms with Gasteiger partial charge in [0.2, 0.25) is 0 Å². The van der Waals surface area contributed by atoms with E-state index in [1.807, 2.05) is 48.5 Å². The lowest BCUT2D eigenvalue weighted by molar-refractivity contribution is 0.00814. The number of likely N-dealkylation sites (tertiary alicyclic amines) is 1. The first-order valence-electron chi connectivity index (χ1n) is 12.5. The Bertz CT molecular complexity index is 1270. The van der Waals surface area contributed by atoms with Crippen molar-refractivity contribution in [2.24, 2.45) is 5.92 Å². The average molecular weight is 506 g/mol. The van der Waals surface area contributed by atoms with Crippen LogP contribution in [0.25, 0.3) is 0 Å². The second-order valence-electron chi connectivity index (χ2n) is 10.5. The molecule has 0 N–H and O–H groups in total. The highest BCUT2D eigenvalue weighted by Crippen LogP contribution is 2.46. The minimum absolute atomic E-state index is 0.0324. The maximum atomic E-state index is 15.7. The van der Waals surface area contributed by atoms with Crippen molar-refractivity contribution in [2.45, 2.75) is 37.9 Å². The van der Waals surface area contributed by atoms with Gasteiger partial charge in [0.15, 0.2) is 0 Å². The second-order valence-corrected chi connectivity index (χ2v) is 11.0. The number of rotatable bonds is 7. The largest absolute Gasteiger partial charge is 0.371 e. The van der Waals surface area contributed by atoms with E-state index in [9.17, 15) is 9.65 Å². The molecule has 3 aromatic carbocycles. The summed E-state index contributed by atoms with van der Waals surface area (Å²) in [5, 5.41) is 10.1. The molecule has 2 atom stereocenters. The van der Waals surface area contributed by atoms with Gasteiger partial charge in [0.05, 0.1) is 17.7 Å². The monoisotopic (exact) mass is 505 g/mol. The van der Waals surface area contributed by atoms with Crippen LogP contribution in [-0.4, -0.2) is 36.7 Å². The first-order chi connectivity index (χ1) is 17.2. The zero-order chi connectivity index (χ0) is 25.4. The number of anilines is 1. The van der Waals surface area contributed by atoms with E-state index >= 15 is 4.39 Å². The maximum Gasteiger partial charge on any atom is 0.125 e. The molecule has 186 valence electrons. The van der Waals surface area contributed by atoms with Gasteiger partial charge in [-0.25, -0.2) is 8.78 Å². The summed E-state index contributed by atoms with van der Waals surface area (Å²) in [6, 6.07) is 22.5. The van der Waals surface area contributed by atoms with Crippen molar-refractivity contribution in [3.63, 3.8) is 0 Å². The fourth-order valence-electron chi connectivity index (χ4n) is 5.77. The number of nitriles is 1. The molecule has 0 radical (unpaired) electrons. The molecule has 2 aliphatic heterocycles. The lowest BCUT2D eigenvalue weighted by Gasteiger charge is -2.50. The summed E-state index contributed by atoms with van der Waals surface area (Å²) < 4.78 is 30.3. The smallest absolute Gasteiger partial charge is 0.125 e. The van der Waals surface area contributed by atoms with E-state index in [-0.39, 0.29) is 17.8 Å². The Balaban J connectivity index is 1.44. The summed E-state index contributed by atoms with van der Waals surface area (Å²) >= 11 is 6.15. The normalized spacial score (nSPS) is 18.2. The van der Waals surface area contributed by atoms with Crippen molar-refractivity contribution < 1.29 is 8.78 Å². The van der Waals surface area contributed by atoms with E-state index < -0.39 is 11.6 Å². The minimum atomic E-state index is -1.51. The first-order valence-corrected chi connectivity index (χ1v) is 12.8. The molecule has 36 heavy (non-hydrogen) atoms. The molecule has 0 spiro atoms. The number of benzene rings is 3. The molecule has 0 bridgehead atoms. The van der Waals surface area contributed by atoms with Gasteiger partial charge >= 0.3 is 0 Å². The van der Waals surface area contributed by atoms with Crippen molar-refractivity contribution in [2.75, 3.05) is 31.1 Å². The van der Waals surface area contributed by atoms with Gasteiger partial charge < -0.3 is 4.90 Å². The molecule has 0 saturated carbocycles. The number of hydrogen-bond acceptors (Lipinski definition) is 3. The average Bonchev–Trinajstić information content (AvgIpc) is 2.76. The van der Waals surface area contributed by atoms with Crippen molar-refractivity contribution in [1.29, 1.82) is 5.26 Å². The highest BCUT2D eigenvalue weighted by molar-refractivity contribution is 6.30. The topological polar surface area (TPSA) is 30.3 Å². The number of nitrogens with zero attached hydrogens (tertiary/aromatic N) is 3. The van der Waals surface area contributed by atoms with Crippen LogP contribution in [0.15, 0.2) is 66.7 Å². The van der Waals surface area contributed by atoms with Crippen LogP contribution in [0, 0.1) is 23.1 Å². The van der Waals surface area contributed by atoms with Gasteiger partial charge in [-0.1, -0.05) is 35.9 Å². The summed E-state index contributed by atoms with van der Waals surface area (Å²) in [4.78, 5) is 4.44. The van der Waals surface area contributed by atoms with Crippen LogP contribution in [0.5, 0.6) is 0 Å². The highest BCUT2D eigenvalue weighted by atomic mass is 35.5. The quantitative estimate of drug-likeness (QED) is 0.342. The molecule has 3 nitrogen and oxygen atoms in total. The summed E-state index contributed by atoms with van der Waals surface area (Å²) in [5.74, 6) is -0.710. The molecule has 2 saturated heterocycles. The van der Waals surface area contributed by atoms with E-state index in [1.165, 1.54) is 6.07 Å².